The van der Waals surface area contributed by atoms with Crippen LogP contribution in [0.15, 0.2) is 27.6 Å². The molecule has 1 rings (SSSR count). The number of carbonyl (C=O) groups is 2. The number of ketones is 1. The van der Waals surface area contributed by atoms with Gasteiger partial charge in [0, 0.05) is 10.7 Å². The van der Waals surface area contributed by atoms with Crippen LogP contribution in [-0.2, 0) is 14.6 Å². The van der Waals surface area contributed by atoms with E-state index >= 15 is 0 Å². The standard InChI is InChI=1S/C9H7BrO5S/c1-16(14,15)6-4-2-3-5(10)7(6)8(11)9(12)13/h2-4H,1H3,(H,12,13). The van der Waals surface area contributed by atoms with Crippen molar-refractivity contribution < 1.29 is 23.1 Å². The first-order valence-electron chi connectivity index (χ1n) is 4.01. The van der Waals surface area contributed by atoms with Crippen LogP contribution in [0.4, 0.5) is 0 Å². The molecule has 0 amide bonds. The second-order valence-corrected chi connectivity index (χ2v) is 5.86. The summed E-state index contributed by atoms with van der Waals surface area (Å²) in [6.45, 7) is 0. The second kappa shape index (κ2) is 4.34. The number of carboxylic acid groups (broad SMARTS) is 1. The van der Waals surface area contributed by atoms with Crippen molar-refractivity contribution in [3.8, 4) is 0 Å². The van der Waals surface area contributed by atoms with Crippen LogP contribution < -0.4 is 0 Å². The molecule has 0 fully saturated rings. The fourth-order valence-corrected chi connectivity index (χ4v) is 2.72. The van der Waals surface area contributed by atoms with E-state index in [1.807, 2.05) is 0 Å². The molecular formula is C9H7BrO5S. The van der Waals surface area contributed by atoms with Crippen molar-refractivity contribution in [1.82, 2.24) is 0 Å². The first kappa shape index (κ1) is 12.9. The smallest absolute Gasteiger partial charge is 0.377 e. The monoisotopic (exact) mass is 306 g/mol. The molecule has 0 aliphatic heterocycles. The average molecular weight is 307 g/mol. The molecule has 7 heteroatoms. The number of benzene rings is 1. The number of carboxylic acids is 1. The van der Waals surface area contributed by atoms with Crippen LogP contribution >= 0.6 is 15.9 Å². The maximum Gasteiger partial charge on any atom is 0.377 e. The molecule has 5 nitrogen and oxygen atoms in total. The number of halogens is 1. The molecule has 1 aromatic rings. The third-order valence-electron chi connectivity index (χ3n) is 1.80. The molecule has 0 bridgehead atoms. The molecule has 0 saturated heterocycles. The van der Waals surface area contributed by atoms with Gasteiger partial charge in [0.1, 0.15) is 0 Å². The van der Waals surface area contributed by atoms with Gasteiger partial charge in [-0.3, -0.25) is 4.79 Å². The van der Waals surface area contributed by atoms with E-state index in [1.54, 1.807) is 0 Å². The molecule has 0 spiro atoms. The van der Waals surface area contributed by atoms with Crippen molar-refractivity contribution >= 4 is 37.5 Å². The summed E-state index contributed by atoms with van der Waals surface area (Å²) >= 11 is 2.96. The van der Waals surface area contributed by atoms with E-state index < -0.39 is 21.6 Å². The highest BCUT2D eigenvalue weighted by Crippen LogP contribution is 2.24. The summed E-state index contributed by atoms with van der Waals surface area (Å²) in [6, 6.07) is 4.01. The molecule has 0 aliphatic rings. The van der Waals surface area contributed by atoms with Crippen LogP contribution in [0, 0.1) is 0 Å². The van der Waals surface area contributed by atoms with Crippen molar-refractivity contribution in [2.24, 2.45) is 0 Å². The Balaban J connectivity index is 3.60. The first-order valence-corrected chi connectivity index (χ1v) is 6.69. The highest BCUT2D eigenvalue weighted by Gasteiger charge is 2.25. The van der Waals surface area contributed by atoms with Crippen LogP contribution in [0.2, 0.25) is 0 Å². The summed E-state index contributed by atoms with van der Waals surface area (Å²) in [5.41, 5.74) is -0.350. The van der Waals surface area contributed by atoms with E-state index in [9.17, 15) is 18.0 Å². The van der Waals surface area contributed by atoms with Crippen LogP contribution in [0.1, 0.15) is 10.4 Å². The minimum Gasteiger partial charge on any atom is -0.475 e. The average Bonchev–Trinajstić information content (AvgIpc) is 2.14. The maximum atomic E-state index is 11.4. The summed E-state index contributed by atoms with van der Waals surface area (Å²) in [5, 5.41) is 8.58. The quantitative estimate of drug-likeness (QED) is 0.668. The predicted octanol–water partition coefficient (Wildman–Crippen LogP) is 1.12. The third kappa shape index (κ3) is 2.48. The molecule has 16 heavy (non-hydrogen) atoms. The third-order valence-corrected chi connectivity index (χ3v) is 3.60. The van der Waals surface area contributed by atoms with E-state index in [-0.39, 0.29) is 14.9 Å². The van der Waals surface area contributed by atoms with Gasteiger partial charge in [-0.05, 0) is 28.1 Å². The summed E-state index contributed by atoms with van der Waals surface area (Å²) in [5.74, 6) is -2.95. The fraction of sp³-hybridized carbons (Fsp3) is 0.111. The molecular weight excluding hydrogens is 300 g/mol. The van der Waals surface area contributed by atoms with E-state index in [4.69, 9.17) is 5.11 Å². The van der Waals surface area contributed by atoms with Crippen molar-refractivity contribution in [2.45, 2.75) is 4.90 Å². The number of hydrogen-bond donors (Lipinski definition) is 1. The molecule has 0 atom stereocenters. The normalized spacial score (nSPS) is 11.1. The summed E-state index contributed by atoms with van der Waals surface area (Å²) in [6.07, 6.45) is 0.910. The van der Waals surface area contributed by atoms with E-state index in [2.05, 4.69) is 15.9 Å². The van der Waals surface area contributed by atoms with Gasteiger partial charge < -0.3 is 5.11 Å². The fourth-order valence-electron chi connectivity index (χ4n) is 1.14. The van der Waals surface area contributed by atoms with Gasteiger partial charge in [0.05, 0.1) is 10.5 Å². The van der Waals surface area contributed by atoms with E-state index in [0.717, 1.165) is 6.26 Å². The molecule has 0 aliphatic carbocycles. The van der Waals surface area contributed by atoms with Crippen LogP contribution in [0.3, 0.4) is 0 Å². The van der Waals surface area contributed by atoms with Gasteiger partial charge in [-0.15, -0.1) is 0 Å². The summed E-state index contributed by atoms with van der Waals surface area (Å²) < 4.78 is 22.9. The number of sulfone groups is 1. The molecule has 0 aromatic heterocycles. The number of hydrogen-bond acceptors (Lipinski definition) is 4. The zero-order chi connectivity index (χ0) is 12.5. The van der Waals surface area contributed by atoms with Crippen LogP contribution in [0.25, 0.3) is 0 Å². The minimum absolute atomic E-state index is 0.142. The molecule has 0 saturated carbocycles. The first-order chi connectivity index (χ1) is 7.25. The Hall–Kier alpha value is -1.21. The Kier molecular flexibility index (Phi) is 3.49. The van der Waals surface area contributed by atoms with Gasteiger partial charge in [0.2, 0.25) is 0 Å². The Bertz CT molecular complexity index is 561. The zero-order valence-corrected chi connectivity index (χ0v) is 10.5. The largest absolute Gasteiger partial charge is 0.475 e. The number of Topliss-reactive ketones (excluding diaryl/α,β-unsaturated/α-hetero) is 1. The van der Waals surface area contributed by atoms with Gasteiger partial charge in [-0.1, -0.05) is 6.07 Å². The Labute approximate surface area is 100 Å². The summed E-state index contributed by atoms with van der Waals surface area (Å²) in [4.78, 5) is 21.6. The predicted molar refractivity (Wildman–Crippen MR) is 59.2 cm³/mol. The number of rotatable bonds is 3. The van der Waals surface area contributed by atoms with Crippen LogP contribution in [-0.4, -0.2) is 31.5 Å². The minimum atomic E-state index is -3.65. The van der Waals surface area contributed by atoms with Crippen molar-refractivity contribution in [2.75, 3.05) is 6.26 Å². The highest BCUT2D eigenvalue weighted by atomic mass is 79.9. The lowest BCUT2D eigenvalue weighted by Crippen LogP contribution is -2.17. The topological polar surface area (TPSA) is 88.5 Å². The van der Waals surface area contributed by atoms with E-state index in [0.29, 0.717) is 0 Å². The second-order valence-electron chi connectivity index (χ2n) is 3.02. The molecule has 0 heterocycles. The Morgan fingerprint density at radius 2 is 1.88 bits per heavy atom. The lowest BCUT2D eigenvalue weighted by Gasteiger charge is -2.06. The van der Waals surface area contributed by atoms with Crippen molar-refractivity contribution in [3.63, 3.8) is 0 Å². The molecule has 1 aromatic carbocycles. The SMILES string of the molecule is CS(=O)(=O)c1cccc(Br)c1C(=O)C(=O)O. The molecule has 86 valence electrons. The lowest BCUT2D eigenvalue weighted by molar-refractivity contribution is -0.131. The van der Waals surface area contributed by atoms with Gasteiger partial charge in [-0.2, -0.15) is 0 Å². The zero-order valence-electron chi connectivity index (χ0n) is 8.10. The Morgan fingerprint density at radius 1 is 1.31 bits per heavy atom. The lowest BCUT2D eigenvalue weighted by atomic mass is 10.1. The highest BCUT2D eigenvalue weighted by molar-refractivity contribution is 9.10. The van der Waals surface area contributed by atoms with Gasteiger partial charge in [0.25, 0.3) is 5.78 Å². The van der Waals surface area contributed by atoms with Gasteiger partial charge in [-0.25, -0.2) is 13.2 Å². The van der Waals surface area contributed by atoms with Crippen LogP contribution in [0.5, 0.6) is 0 Å². The van der Waals surface area contributed by atoms with E-state index in [1.165, 1.54) is 18.2 Å². The van der Waals surface area contributed by atoms with Gasteiger partial charge in [0.15, 0.2) is 9.84 Å². The molecule has 0 radical (unpaired) electrons. The maximum absolute atomic E-state index is 11.4. The summed E-state index contributed by atoms with van der Waals surface area (Å²) in [7, 11) is -3.65. The number of carbonyl (C=O) groups excluding carboxylic acids is 1. The molecule has 1 N–H and O–H groups in total. The Morgan fingerprint density at radius 3 is 2.31 bits per heavy atom. The number of aliphatic carboxylic acids is 1. The van der Waals surface area contributed by atoms with Gasteiger partial charge >= 0.3 is 5.97 Å². The van der Waals surface area contributed by atoms with Crippen molar-refractivity contribution in [1.29, 1.82) is 0 Å². The molecule has 0 unspecified atom stereocenters. The van der Waals surface area contributed by atoms with Crippen molar-refractivity contribution in [3.05, 3.63) is 28.2 Å².